The molecule has 1 aliphatic carbocycles. The molecule has 7 nitrogen and oxygen atoms in total. The average molecular weight is 395 g/mol. The Morgan fingerprint density at radius 3 is 2.72 bits per heavy atom. The summed E-state index contributed by atoms with van der Waals surface area (Å²) in [6.45, 7) is 2.01. The van der Waals surface area contributed by atoms with Gasteiger partial charge in [-0.2, -0.15) is 0 Å². The molecule has 2 aromatic carbocycles. The van der Waals surface area contributed by atoms with Gasteiger partial charge >= 0.3 is 0 Å². The first kappa shape index (κ1) is 19.6. The largest absolute Gasteiger partial charge is 0.395 e. The molecule has 7 heteroatoms. The molecule has 1 heterocycles. The summed E-state index contributed by atoms with van der Waals surface area (Å²) in [4.78, 5) is 12.5. The van der Waals surface area contributed by atoms with Crippen molar-refractivity contribution in [2.75, 3.05) is 13.2 Å². The molecule has 1 saturated carbocycles. The minimum absolute atomic E-state index is 0.0538. The summed E-state index contributed by atoms with van der Waals surface area (Å²) in [6, 6.07) is 11.3. The fourth-order valence-electron chi connectivity index (χ4n) is 3.38. The van der Waals surface area contributed by atoms with E-state index in [0.29, 0.717) is 29.4 Å². The average Bonchev–Trinajstić information content (AvgIpc) is 3.45. The summed E-state index contributed by atoms with van der Waals surface area (Å²) in [5, 5.41) is 29.7. The van der Waals surface area contributed by atoms with Gasteiger partial charge in [0.25, 0.3) is 5.91 Å². The quantitative estimate of drug-likeness (QED) is 0.465. The molecule has 3 aromatic rings. The van der Waals surface area contributed by atoms with E-state index in [1.165, 1.54) is 0 Å². The molecule has 0 bridgehead atoms. The Bertz CT molecular complexity index is 1020. The standard InChI is InChI=1S/C22H25N3O4/c1-13-5-6-14(22(28)24-15-7-8-15)9-18(13)17-3-2-4-20-21(17)19(25-29-20)10-23-16(11-26)12-27/h2-6,9,15-16,23,26-27H,7-8,10-12H2,1H3,(H,24,28). The van der Waals surface area contributed by atoms with Gasteiger partial charge in [0.2, 0.25) is 0 Å². The zero-order valence-electron chi connectivity index (χ0n) is 16.3. The number of aliphatic hydroxyl groups is 2. The van der Waals surface area contributed by atoms with Crippen LogP contribution in [0.15, 0.2) is 40.9 Å². The van der Waals surface area contributed by atoms with Crippen molar-refractivity contribution in [1.29, 1.82) is 0 Å². The Morgan fingerprint density at radius 2 is 2.00 bits per heavy atom. The van der Waals surface area contributed by atoms with Crippen LogP contribution in [0.1, 0.15) is 34.5 Å². The van der Waals surface area contributed by atoms with Crippen molar-refractivity contribution in [2.45, 2.75) is 38.4 Å². The zero-order chi connectivity index (χ0) is 20.4. The maximum absolute atomic E-state index is 12.5. The molecule has 1 aliphatic rings. The number of aromatic nitrogens is 1. The molecule has 4 N–H and O–H groups in total. The predicted octanol–water partition coefficient (Wildman–Crippen LogP) is 2.14. The van der Waals surface area contributed by atoms with Crippen LogP contribution in [-0.4, -0.2) is 46.6 Å². The summed E-state index contributed by atoms with van der Waals surface area (Å²) in [6.07, 6.45) is 2.09. The van der Waals surface area contributed by atoms with Crippen LogP contribution in [0.5, 0.6) is 0 Å². The van der Waals surface area contributed by atoms with Crippen molar-refractivity contribution in [1.82, 2.24) is 15.8 Å². The van der Waals surface area contributed by atoms with Crippen LogP contribution in [0.3, 0.4) is 0 Å². The first-order chi connectivity index (χ1) is 14.1. The highest BCUT2D eigenvalue weighted by Crippen LogP contribution is 2.34. The van der Waals surface area contributed by atoms with Gasteiger partial charge < -0.3 is 25.4 Å². The summed E-state index contributed by atoms with van der Waals surface area (Å²) in [5.41, 5.74) is 4.90. The molecule has 29 heavy (non-hydrogen) atoms. The molecule has 0 aliphatic heterocycles. The summed E-state index contributed by atoms with van der Waals surface area (Å²) < 4.78 is 5.49. The van der Waals surface area contributed by atoms with E-state index < -0.39 is 6.04 Å². The number of fused-ring (bicyclic) bond motifs is 1. The zero-order valence-corrected chi connectivity index (χ0v) is 16.3. The van der Waals surface area contributed by atoms with Crippen LogP contribution in [0, 0.1) is 6.92 Å². The lowest BCUT2D eigenvalue weighted by Gasteiger charge is -2.13. The molecule has 1 fully saturated rings. The van der Waals surface area contributed by atoms with Crippen molar-refractivity contribution in [3.63, 3.8) is 0 Å². The first-order valence-corrected chi connectivity index (χ1v) is 9.85. The van der Waals surface area contributed by atoms with Crippen molar-refractivity contribution >= 4 is 16.9 Å². The fraction of sp³-hybridized carbons (Fsp3) is 0.364. The lowest BCUT2D eigenvalue weighted by Crippen LogP contribution is -2.35. The highest BCUT2D eigenvalue weighted by molar-refractivity contribution is 6.00. The maximum atomic E-state index is 12.5. The van der Waals surface area contributed by atoms with Gasteiger partial charge in [0, 0.05) is 18.2 Å². The molecule has 4 rings (SSSR count). The number of rotatable bonds is 8. The third-order valence-electron chi connectivity index (χ3n) is 5.27. The second-order valence-electron chi connectivity index (χ2n) is 7.53. The van der Waals surface area contributed by atoms with Crippen molar-refractivity contribution < 1.29 is 19.5 Å². The summed E-state index contributed by atoms with van der Waals surface area (Å²) in [5.74, 6) is -0.0538. The lowest BCUT2D eigenvalue weighted by atomic mass is 9.94. The monoisotopic (exact) mass is 395 g/mol. The van der Waals surface area contributed by atoms with E-state index in [9.17, 15) is 15.0 Å². The van der Waals surface area contributed by atoms with Gasteiger partial charge in [-0.3, -0.25) is 4.79 Å². The highest BCUT2D eigenvalue weighted by Gasteiger charge is 2.24. The summed E-state index contributed by atoms with van der Waals surface area (Å²) in [7, 11) is 0. The molecule has 0 radical (unpaired) electrons. The Hall–Kier alpha value is -2.74. The van der Waals surface area contributed by atoms with Gasteiger partial charge in [0.1, 0.15) is 5.69 Å². The molecule has 0 atom stereocenters. The van der Waals surface area contributed by atoms with E-state index in [2.05, 4.69) is 15.8 Å². The second kappa shape index (κ2) is 8.32. The molecule has 152 valence electrons. The van der Waals surface area contributed by atoms with Crippen molar-refractivity contribution in [2.24, 2.45) is 0 Å². The number of nitrogens with one attached hydrogen (secondary N) is 2. The van der Waals surface area contributed by atoms with Crippen LogP contribution in [-0.2, 0) is 6.54 Å². The molecular formula is C22H25N3O4. The topological polar surface area (TPSA) is 108 Å². The van der Waals surface area contributed by atoms with Crippen LogP contribution in [0.4, 0.5) is 0 Å². The third-order valence-corrected chi connectivity index (χ3v) is 5.27. The van der Waals surface area contributed by atoms with Crippen molar-refractivity contribution in [3.8, 4) is 11.1 Å². The Labute approximate surface area is 168 Å². The molecular weight excluding hydrogens is 370 g/mol. The van der Waals surface area contributed by atoms with E-state index in [0.717, 1.165) is 34.9 Å². The molecule has 0 spiro atoms. The predicted molar refractivity (Wildman–Crippen MR) is 109 cm³/mol. The number of hydrogen-bond donors (Lipinski definition) is 4. The van der Waals surface area contributed by atoms with Gasteiger partial charge in [-0.05, 0) is 54.7 Å². The first-order valence-electron chi connectivity index (χ1n) is 9.85. The Kier molecular flexibility index (Phi) is 5.62. The maximum Gasteiger partial charge on any atom is 0.251 e. The van der Waals surface area contributed by atoms with E-state index in [4.69, 9.17) is 4.52 Å². The number of carbonyl (C=O) groups excluding carboxylic acids is 1. The number of hydrogen-bond acceptors (Lipinski definition) is 6. The van der Waals surface area contributed by atoms with Crippen LogP contribution < -0.4 is 10.6 Å². The number of benzene rings is 2. The summed E-state index contributed by atoms with van der Waals surface area (Å²) >= 11 is 0. The van der Waals surface area contributed by atoms with Crippen molar-refractivity contribution in [3.05, 3.63) is 53.2 Å². The third kappa shape index (κ3) is 4.17. The minimum Gasteiger partial charge on any atom is -0.395 e. The number of nitrogens with zero attached hydrogens (tertiary/aromatic N) is 1. The number of aliphatic hydroxyl groups excluding tert-OH is 2. The molecule has 1 amide bonds. The molecule has 1 aromatic heterocycles. The van der Waals surface area contributed by atoms with Crippen LogP contribution in [0.2, 0.25) is 0 Å². The Morgan fingerprint density at radius 1 is 1.21 bits per heavy atom. The van der Waals surface area contributed by atoms with Crippen LogP contribution >= 0.6 is 0 Å². The van der Waals surface area contributed by atoms with Gasteiger partial charge in [0.05, 0.1) is 24.6 Å². The minimum atomic E-state index is -0.426. The van der Waals surface area contributed by atoms with E-state index in [1.54, 1.807) is 0 Å². The number of amides is 1. The number of carbonyl (C=O) groups is 1. The second-order valence-corrected chi connectivity index (χ2v) is 7.53. The fourth-order valence-corrected chi connectivity index (χ4v) is 3.38. The Balaban J connectivity index is 1.71. The highest BCUT2D eigenvalue weighted by atomic mass is 16.5. The lowest BCUT2D eigenvalue weighted by molar-refractivity contribution is 0.0951. The van der Waals surface area contributed by atoms with E-state index in [-0.39, 0.29) is 19.1 Å². The molecule has 0 saturated heterocycles. The van der Waals surface area contributed by atoms with Crippen LogP contribution in [0.25, 0.3) is 22.1 Å². The van der Waals surface area contributed by atoms with Gasteiger partial charge in [-0.25, -0.2) is 0 Å². The molecule has 0 unspecified atom stereocenters. The van der Waals surface area contributed by atoms with Gasteiger partial charge in [-0.1, -0.05) is 23.4 Å². The van der Waals surface area contributed by atoms with Gasteiger partial charge in [0.15, 0.2) is 5.58 Å². The van der Waals surface area contributed by atoms with Gasteiger partial charge in [-0.15, -0.1) is 0 Å². The number of aryl methyl sites for hydroxylation is 1. The normalized spacial score (nSPS) is 13.9. The van der Waals surface area contributed by atoms with E-state index in [1.807, 2.05) is 43.3 Å². The SMILES string of the molecule is Cc1ccc(C(=O)NC2CC2)cc1-c1cccc2onc(CNC(CO)CO)c12. The van der Waals surface area contributed by atoms with E-state index >= 15 is 0 Å². The smallest absolute Gasteiger partial charge is 0.251 e.